The molecule has 274 valence electrons. The molecule has 2 heterocycles. The number of anilines is 1. The highest BCUT2D eigenvalue weighted by atomic mass is 32.1. The molecule has 1 aliphatic heterocycles. The van der Waals surface area contributed by atoms with Crippen LogP contribution < -0.4 is 16.0 Å². The summed E-state index contributed by atoms with van der Waals surface area (Å²) in [7, 11) is -1.27. The number of nitrogens with zero attached hydrogens (tertiary/aromatic N) is 3. The van der Waals surface area contributed by atoms with Gasteiger partial charge < -0.3 is 39.0 Å². The average molecular weight is 729 g/mol. The molecule has 0 saturated carbocycles. The first kappa shape index (κ1) is 40.9. The lowest BCUT2D eigenvalue weighted by Gasteiger charge is -2.50. The molecule has 1 saturated heterocycles. The molecule has 0 radical (unpaired) electrons. The van der Waals surface area contributed by atoms with Crippen LogP contribution in [0, 0.1) is 5.92 Å². The van der Waals surface area contributed by atoms with Gasteiger partial charge >= 0.3 is 18.2 Å². The van der Waals surface area contributed by atoms with E-state index in [9.17, 15) is 28.8 Å². The van der Waals surface area contributed by atoms with Crippen molar-refractivity contribution in [2.45, 2.75) is 97.6 Å². The molecule has 2 atom stereocenters. The van der Waals surface area contributed by atoms with E-state index in [4.69, 9.17) is 23.8 Å². The van der Waals surface area contributed by atoms with Crippen molar-refractivity contribution in [1.82, 2.24) is 20.2 Å². The number of β-lactam (4-membered cyclic amide) rings is 1. The number of hydrogen-bond donors (Lipinski definition) is 3. The van der Waals surface area contributed by atoms with E-state index in [-0.39, 0.29) is 47.4 Å². The maximum Gasteiger partial charge on any atom is 0.508 e. The zero-order valence-corrected chi connectivity index (χ0v) is 31.9. The first-order valence-electron chi connectivity index (χ1n) is 15.6. The van der Waals surface area contributed by atoms with Crippen molar-refractivity contribution in [3.8, 4) is 0 Å². The molecule has 1 aromatic rings. The van der Waals surface area contributed by atoms with Crippen molar-refractivity contribution in [2.75, 3.05) is 31.7 Å². The van der Waals surface area contributed by atoms with E-state index >= 15 is 0 Å². The Labute approximate surface area is 292 Å². The number of hydrogen-bond acceptors (Lipinski definition) is 14. The number of amides is 4. The number of aromatic nitrogens is 1. The Hall–Kier alpha value is -4.26. The third kappa shape index (κ3) is 13.6. The second kappa shape index (κ2) is 17.4. The first-order valence-corrected chi connectivity index (χ1v) is 17.8. The molecule has 3 N–H and O–H groups in total. The van der Waals surface area contributed by atoms with E-state index in [1.807, 2.05) is 27.7 Å². The van der Waals surface area contributed by atoms with Gasteiger partial charge in [-0.25, -0.2) is 19.4 Å². The summed E-state index contributed by atoms with van der Waals surface area (Å²) < 4.78 is 22.3. The summed E-state index contributed by atoms with van der Waals surface area (Å²) in [6, 6.07) is -1.83. The molecule has 1 aliphatic rings. The fraction of sp³-hybridized carbons (Fsp3) is 0.667. The molecule has 17 nitrogen and oxygen atoms in total. The molecule has 1 fully saturated rings. The van der Waals surface area contributed by atoms with Crippen LogP contribution in [0.3, 0.4) is 0 Å². The van der Waals surface area contributed by atoms with E-state index in [0.717, 1.165) is 11.3 Å². The van der Waals surface area contributed by atoms with Crippen LogP contribution in [0.2, 0.25) is 5.04 Å². The van der Waals surface area contributed by atoms with Gasteiger partial charge in [0.2, 0.25) is 18.9 Å². The fourth-order valence-electron chi connectivity index (χ4n) is 3.98. The van der Waals surface area contributed by atoms with Gasteiger partial charge in [-0.3, -0.25) is 19.7 Å². The van der Waals surface area contributed by atoms with Crippen LogP contribution in [0.1, 0.15) is 74.9 Å². The lowest BCUT2D eigenvalue weighted by molar-refractivity contribution is -0.160. The van der Waals surface area contributed by atoms with Crippen LogP contribution in [-0.2, 0) is 43.0 Å². The van der Waals surface area contributed by atoms with Crippen LogP contribution >= 0.6 is 11.3 Å². The fourth-order valence-corrected chi connectivity index (χ4v) is 6.81. The maximum absolute atomic E-state index is 13.7. The highest BCUT2D eigenvalue weighted by Gasteiger charge is 2.50. The van der Waals surface area contributed by atoms with E-state index < -0.39 is 69.4 Å². The normalized spacial score (nSPS) is 16.9. The minimum absolute atomic E-state index is 0.0306. The standard InChI is InChI=1S/C30H48N6O11SSi/c1-17(2)30(9,10)49-36-19(13-44-27(42)43-12-11-31-16-37)22(24(36)40)33-23(39)21(35-45-14-20(38)46-28(3,4)5)18-15-48-25(32-18)34-26(41)47-29(6,7)8/h15-17,19,22H,11-14,49H2,1-10H3,(H,31,37)(H,33,39)(H,32,34,41)/b35-21-. The Morgan fingerprint density at radius 2 is 1.71 bits per heavy atom. The zero-order valence-electron chi connectivity index (χ0n) is 29.7. The summed E-state index contributed by atoms with van der Waals surface area (Å²) in [5.41, 5.74) is -1.99. The largest absolute Gasteiger partial charge is 0.508 e. The Morgan fingerprint density at radius 1 is 1.06 bits per heavy atom. The molecule has 0 aromatic carbocycles. The van der Waals surface area contributed by atoms with E-state index in [0.29, 0.717) is 6.41 Å². The molecule has 1 aromatic heterocycles. The van der Waals surface area contributed by atoms with Gasteiger partial charge in [0.05, 0.1) is 12.6 Å². The van der Waals surface area contributed by atoms with Crippen LogP contribution in [0.15, 0.2) is 10.5 Å². The number of ether oxygens (including phenoxy) is 4. The minimum Gasteiger partial charge on any atom is -0.457 e. The summed E-state index contributed by atoms with van der Waals surface area (Å²) in [5.74, 6) is -1.75. The van der Waals surface area contributed by atoms with Gasteiger partial charge in [-0.05, 0) is 52.5 Å². The molecule has 2 unspecified atom stereocenters. The summed E-state index contributed by atoms with van der Waals surface area (Å²) in [6.07, 6.45) is -1.31. The lowest BCUT2D eigenvalue weighted by atomic mass is 9.98. The second-order valence-electron chi connectivity index (χ2n) is 14.1. The van der Waals surface area contributed by atoms with Crippen molar-refractivity contribution in [2.24, 2.45) is 11.1 Å². The van der Waals surface area contributed by atoms with E-state index in [1.54, 1.807) is 46.1 Å². The van der Waals surface area contributed by atoms with E-state index in [1.165, 1.54) is 5.38 Å². The molecule has 0 spiro atoms. The zero-order chi connectivity index (χ0) is 37.2. The molecule has 49 heavy (non-hydrogen) atoms. The van der Waals surface area contributed by atoms with Gasteiger partial charge in [0, 0.05) is 5.38 Å². The van der Waals surface area contributed by atoms with Gasteiger partial charge in [0.1, 0.15) is 45.8 Å². The highest BCUT2D eigenvalue weighted by molar-refractivity contribution is 7.14. The molecular weight excluding hydrogens is 681 g/mol. The predicted octanol–water partition coefficient (Wildman–Crippen LogP) is 2.09. The Balaban J connectivity index is 2.31. The molecule has 4 amide bonds. The average Bonchev–Trinajstić information content (AvgIpc) is 3.41. The minimum atomic E-state index is -1.27. The quantitative estimate of drug-likeness (QED) is 0.0326. The first-order chi connectivity index (χ1) is 22.6. The summed E-state index contributed by atoms with van der Waals surface area (Å²) >= 11 is 0.971. The predicted molar refractivity (Wildman–Crippen MR) is 182 cm³/mol. The number of thiazole rings is 1. The number of oxime groups is 1. The molecule has 0 bridgehead atoms. The molecule has 2 rings (SSSR count). The molecule has 0 aliphatic carbocycles. The summed E-state index contributed by atoms with van der Waals surface area (Å²) in [6.45, 7) is 17.4. The molecular formula is C30H48N6O11SSi. The van der Waals surface area contributed by atoms with Crippen molar-refractivity contribution >= 4 is 68.3 Å². The Morgan fingerprint density at radius 3 is 2.31 bits per heavy atom. The van der Waals surface area contributed by atoms with Crippen molar-refractivity contribution in [1.29, 1.82) is 0 Å². The van der Waals surface area contributed by atoms with Gasteiger partial charge in [0.25, 0.3) is 5.91 Å². The SMILES string of the molecule is CC(C)C(C)(C)[SiH2]N1C(=O)C(NC(=O)/C(=N\OCC(=O)OC(C)(C)C)c2csc(NC(=O)OC(C)(C)C)n2)C1COC(=O)OCCNC=O. The van der Waals surface area contributed by atoms with Crippen LogP contribution in [-0.4, -0.2) is 111 Å². The highest BCUT2D eigenvalue weighted by Crippen LogP contribution is 2.36. The topological polar surface area (TPSA) is 213 Å². The third-order valence-corrected chi connectivity index (χ3v) is 10.5. The van der Waals surface area contributed by atoms with Gasteiger partial charge in [-0.1, -0.05) is 32.9 Å². The van der Waals surface area contributed by atoms with Gasteiger partial charge in [-0.2, -0.15) is 0 Å². The van der Waals surface area contributed by atoms with Gasteiger partial charge in [-0.15, -0.1) is 11.3 Å². The van der Waals surface area contributed by atoms with E-state index in [2.05, 4.69) is 26.1 Å². The number of rotatable bonds is 16. The number of nitrogens with one attached hydrogen (secondary N) is 3. The van der Waals surface area contributed by atoms with Crippen LogP contribution in [0.5, 0.6) is 0 Å². The van der Waals surface area contributed by atoms with Crippen molar-refractivity contribution < 1.29 is 52.6 Å². The Kier molecular flexibility index (Phi) is 14.5. The molecule has 19 heteroatoms. The summed E-state index contributed by atoms with van der Waals surface area (Å²) in [5, 5.41) is 12.6. The van der Waals surface area contributed by atoms with Crippen LogP contribution in [0.25, 0.3) is 0 Å². The third-order valence-electron chi connectivity index (χ3n) is 7.01. The summed E-state index contributed by atoms with van der Waals surface area (Å²) in [4.78, 5) is 83.7. The smallest absolute Gasteiger partial charge is 0.457 e. The second-order valence-corrected chi connectivity index (χ2v) is 17.8. The maximum atomic E-state index is 13.7. The monoisotopic (exact) mass is 728 g/mol. The van der Waals surface area contributed by atoms with Crippen molar-refractivity contribution in [3.63, 3.8) is 0 Å². The number of carbonyl (C=O) groups is 6. The van der Waals surface area contributed by atoms with Gasteiger partial charge in [0.15, 0.2) is 10.8 Å². The Bertz CT molecular complexity index is 1390. The lowest BCUT2D eigenvalue weighted by Crippen LogP contribution is -2.74. The number of carbonyl (C=O) groups excluding carboxylic acids is 6. The number of esters is 1. The van der Waals surface area contributed by atoms with Crippen molar-refractivity contribution in [3.05, 3.63) is 11.1 Å². The van der Waals surface area contributed by atoms with Crippen LogP contribution in [0.4, 0.5) is 14.7 Å².